The van der Waals surface area contributed by atoms with Gasteiger partial charge in [0.15, 0.2) is 0 Å². The van der Waals surface area contributed by atoms with Crippen LogP contribution in [0.1, 0.15) is 70.6 Å². The Bertz CT molecular complexity index is 1930. The van der Waals surface area contributed by atoms with Gasteiger partial charge in [-0.15, -0.1) is 0 Å². The van der Waals surface area contributed by atoms with Crippen LogP contribution in [0.15, 0.2) is 94.9 Å². The molecule has 4 aromatic carbocycles. The highest BCUT2D eigenvalue weighted by Gasteiger charge is 2.39. The van der Waals surface area contributed by atoms with Crippen LogP contribution < -0.4 is 0 Å². The normalized spacial score (nSPS) is 18.8. The minimum absolute atomic E-state index is 0.0543. The van der Waals surface area contributed by atoms with E-state index >= 15 is 0 Å². The zero-order chi connectivity index (χ0) is 44.2. The smallest absolute Gasteiger partial charge is 0.345 e. The van der Waals surface area contributed by atoms with E-state index in [9.17, 15) is 61.5 Å². The van der Waals surface area contributed by atoms with Crippen molar-refractivity contribution in [2.75, 3.05) is 26.3 Å². The maximum absolute atomic E-state index is 13.2. The van der Waals surface area contributed by atoms with E-state index in [1.165, 1.54) is 62.4 Å². The van der Waals surface area contributed by atoms with Crippen LogP contribution in [-0.2, 0) is 43.7 Å². The third-order valence-electron chi connectivity index (χ3n) is 8.83. The highest BCUT2D eigenvalue weighted by molar-refractivity contribution is 6.04. The summed E-state index contributed by atoms with van der Waals surface area (Å²) in [4.78, 5) is 8.51. The molecule has 0 radical (unpaired) electrons. The Morgan fingerprint density at radius 1 is 0.483 bits per heavy atom. The molecule has 20 heteroatoms. The van der Waals surface area contributed by atoms with Gasteiger partial charge in [-0.25, -0.2) is 8.78 Å². The molecule has 2 aliphatic heterocycles. The number of alkyl halides is 12. The number of halogens is 14. The molecule has 0 spiro atoms. The Morgan fingerprint density at radius 3 is 1.03 bits per heavy atom. The van der Waals surface area contributed by atoms with Gasteiger partial charge in [-0.2, -0.15) is 52.7 Å². The van der Waals surface area contributed by atoms with Crippen LogP contribution in [0.4, 0.5) is 61.5 Å². The van der Waals surface area contributed by atoms with E-state index in [-0.39, 0.29) is 61.0 Å². The third-order valence-corrected chi connectivity index (χ3v) is 8.83. The summed E-state index contributed by atoms with van der Waals surface area (Å²) in [5.41, 5.74) is -4.87. The van der Waals surface area contributed by atoms with Crippen LogP contribution in [0.2, 0.25) is 0 Å². The topological polar surface area (TPSA) is 61.6 Å². The zero-order valence-electron chi connectivity index (χ0n) is 31.0. The minimum atomic E-state index is -4.96. The lowest BCUT2D eigenvalue weighted by Gasteiger charge is -2.28. The lowest BCUT2D eigenvalue weighted by atomic mass is 10.0. The summed E-state index contributed by atoms with van der Waals surface area (Å²) in [5, 5.41) is 0. The minimum Gasteiger partial charge on any atom is -0.345 e. The highest BCUT2D eigenvalue weighted by atomic mass is 19.4. The lowest BCUT2D eigenvalue weighted by molar-refractivity contribution is -0.146. The average molecular weight is 871 g/mol. The summed E-state index contributed by atoms with van der Waals surface area (Å²) < 4.78 is 206. The Hall–Kier alpha value is -4.92. The second-order valence-corrected chi connectivity index (χ2v) is 13.2. The van der Waals surface area contributed by atoms with Crippen molar-refractivity contribution < 1.29 is 80.4 Å². The number of benzene rings is 4. The van der Waals surface area contributed by atoms with Crippen molar-refractivity contribution in [3.05, 3.63) is 141 Å². The van der Waals surface area contributed by atoms with Gasteiger partial charge >= 0.3 is 24.7 Å². The largest absolute Gasteiger partial charge is 0.416 e. The summed E-state index contributed by atoms with van der Waals surface area (Å²) >= 11 is 0. The molecule has 324 valence electrons. The molecule has 6 nitrogen and oxygen atoms in total. The van der Waals surface area contributed by atoms with Crippen LogP contribution in [0, 0.1) is 11.6 Å². The van der Waals surface area contributed by atoms with Crippen LogP contribution in [0.25, 0.3) is 0 Å². The standard InChI is InChI=1S/2C20H16F7NO2/c2*1-11(13-8-14(19(22,23)24)10-15(9-13)20(25,26)27)30-18-17(28-6-7-29-18)12-2-4-16(21)5-3-12/h2*2-5,8-11,18H,6-7H2,1H3/t11-,18+;11-,18-/m11/s1. The number of ether oxygens (including phenoxy) is 4. The van der Waals surface area contributed by atoms with E-state index in [1.807, 2.05) is 0 Å². The van der Waals surface area contributed by atoms with Gasteiger partial charge in [0, 0.05) is 11.1 Å². The number of nitrogens with zero attached hydrogens (tertiary/aromatic N) is 2. The van der Waals surface area contributed by atoms with E-state index < -0.39 is 83.4 Å². The van der Waals surface area contributed by atoms with Gasteiger partial charge in [0.2, 0.25) is 12.6 Å². The molecule has 0 fully saturated rings. The fourth-order valence-corrected chi connectivity index (χ4v) is 5.82. The Kier molecular flexibility index (Phi) is 14.1. The van der Waals surface area contributed by atoms with Crippen molar-refractivity contribution in [3.8, 4) is 0 Å². The van der Waals surface area contributed by atoms with Gasteiger partial charge < -0.3 is 18.9 Å². The van der Waals surface area contributed by atoms with Gasteiger partial charge in [0.25, 0.3) is 0 Å². The molecule has 0 aromatic heterocycles. The van der Waals surface area contributed by atoms with Gasteiger partial charge in [-0.05, 0) is 85.6 Å². The van der Waals surface area contributed by atoms with Crippen molar-refractivity contribution in [3.63, 3.8) is 0 Å². The van der Waals surface area contributed by atoms with Crippen LogP contribution in [0.3, 0.4) is 0 Å². The fourth-order valence-electron chi connectivity index (χ4n) is 5.82. The van der Waals surface area contributed by atoms with Crippen molar-refractivity contribution in [1.82, 2.24) is 0 Å². The molecule has 4 atom stereocenters. The predicted molar refractivity (Wildman–Crippen MR) is 187 cm³/mol. The first-order valence-electron chi connectivity index (χ1n) is 17.6. The molecule has 0 bridgehead atoms. The molecule has 0 saturated heterocycles. The summed E-state index contributed by atoms with van der Waals surface area (Å²) in [6.45, 7) is 3.49. The maximum Gasteiger partial charge on any atom is 0.416 e. The van der Waals surface area contributed by atoms with Crippen molar-refractivity contribution in [2.45, 2.75) is 63.3 Å². The van der Waals surface area contributed by atoms with Gasteiger partial charge in [-0.1, -0.05) is 24.3 Å². The number of rotatable bonds is 8. The molecule has 0 unspecified atom stereocenters. The molecule has 2 heterocycles. The molecule has 0 saturated carbocycles. The lowest BCUT2D eigenvalue weighted by Crippen LogP contribution is -2.34. The molecule has 0 amide bonds. The average Bonchev–Trinajstić information content (AvgIpc) is 3.17. The van der Waals surface area contributed by atoms with E-state index in [4.69, 9.17) is 18.9 Å². The molecule has 0 aliphatic carbocycles. The van der Waals surface area contributed by atoms with E-state index in [0.717, 1.165) is 0 Å². The summed E-state index contributed by atoms with van der Waals surface area (Å²) in [6, 6.07) is 13.0. The number of hydrogen-bond donors (Lipinski definition) is 0. The van der Waals surface area contributed by atoms with E-state index in [0.29, 0.717) is 35.4 Å². The Morgan fingerprint density at radius 2 is 0.767 bits per heavy atom. The quantitative estimate of drug-likeness (QED) is 0.166. The highest BCUT2D eigenvalue weighted by Crippen LogP contribution is 2.40. The zero-order valence-corrected chi connectivity index (χ0v) is 31.0. The first-order chi connectivity index (χ1) is 27.9. The number of hydrogen-bond acceptors (Lipinski definition) is 6. The molecular formula is C40H32F14N2O4. The predicted octanol–water partition coefficient (Wildman–Crippen LogP) is 11.6. The molecule has 60 heavy (non-hydrogen) atoms. The van der Waals surface area contributed by atoms with E-state index in [2.05, 4.69) is 9.98 Å². The molecule has 2 aliphatic rings. The van der Waals surface area contributed by atoms with Crippen molar-refractivity contribution in [2.24, 2.45) is 9.98 Å². The molecular weight excluding hydrogens is 838 g/mol. The molecule has 6 rings (SSSR count). The maximum atomic E-state index is 13.2. The monoisotopic (exact) mass is 870 g/mol. The fraction of sp³-hybridized carbons (Fsp3) is 0.350. The van der Waals surface area contributed by atoms with Crippen LogP contribution >= 0.6 is 0 Å². The summed E-state index contributed by atoms with van der Waals surface area (Å²) in [5.74, 6) is -0.962. The molecule has 0 N–H and O–H groups in total. The summed E-state index contributed by atoms with van der Waals surface area (Å²) in [7, 11) is 0. The molecule has 4 aromatic rings. The third kappa shape index (κ3) is 12.1. The number of aliphatic imine (C=N–C) groups is 2. The summed E-state index contributed by atoms with van der Waals surface area (Å²) in [6.07, 6.45) is -24.5. The first-order valence-corrected chi connectivity index (χ1v) is 17.6. The van der Waals surface area contributed by atoms with Gasteiger partial charge in [0.1, 0.15) is 11.6 Å². The van der Waals surface area contributed by atoms with Gasteiger partial charge in [-0.3, -0.25) is 9.98 Å². The Balaban J connectivity index is 0.000000228. The van der Waals surface area contributed by atoms with Crippen molar-refractivity contribution in [1.29, 1.82) is 0 Å². The second-order valence-electron chi connectivity index (χ2n) is 13.2. The second kappa shape index (κ2) is 18.4. The van der Waals surface area contributed by atoms with Gasteiger partial charge in [0.05, 0.1) is 72.2 Å². The van der Waals surface area contributed by atoms with Crippen LogP contribution in [0.5, 0.6) is 0 Å². The van der Waals surface area contributed by atoms with Crippen molar-refractivity contribution >= 4 is 11.4 Å². The first kappa shape index (κ1) is 46.2. The Labute approximate surface area is 332 Å². The van der Waals surface area contributed by atoms with Crippen LogP contribution in [-0.4, -0.2) is 50.3 Å². The van der Waals surface area contributed by atoms with E-state index in [1.54, 1.807) is 0 Å². The SMILES string of the molecule is C[C@@H](O[C@@H]1OCCN=C1c1ccc(F)cc1)c1cc(C(F)(F)F)cc(C(F)(F)F)c1.C[C@@H](O[C@H]1OCCN=C1c1ccc(F)cc1)c1cc(C(F)(F)F)cc(C(F)(F)F)c1.